The summed E-state index contributed by atoms with van der Waals surface area (Å²) >= 11 is 0. The topological polar surface area (TPSA) is 89.1 Å². The zero-order chi connectivity index (χ0) is 19.0. The van der Waals surface area contributed by atoms with Gasteiger partial charge in [-0.3, -0.25) is 4.79 Å². The maximum atomic E-state index is 13.0. The molecule has 0 aliphatic rings. The van der Waals surface area contributed by atoms with Crippen LogP contribution in [0.2, 0.25) is 0 Å². The summed E-state index contributed by atoms with van der Waals surface area (Å²) in [4.78, 5) is 13.0. The molecule has 0 aliphatic carbocycles. The number of phenols is 2. The number of hydrogen-bond donors (Lipinski definition) is 2. The summed E-state index contributed by atoms with van der Waals surface area (Å²) in [6, 6.07) is 4.43. The van der Waals surface area contributed by atoms with Crippen molar-refractivity contribution in [2.75, 3.05) is 14.2 Å². The predicted octanol–water partition coefficient (Wildman–Crippen LogP) is 3.88. The van der Waals surface area contributed by atoms with Crippen molar-refractivity contribution in [2.45, 2.75) is 20.3 Å². The van der Waals surface area contributed by atoms with E-state index in [-0.39, 0.29) is 33.4 Å². The smallest absolute Gasteiger partial charge is 0.208 e. The number of hydrogen-bond acceptors (Lipinski definition) is 6. The molecule has 136 valence electrons. The number of fused-ring (bicyclic) bond motifs is 2. The van der Waals surface area contributed by atoms with Crippen molar-refractivity contribution in [2.24, 2.45) is 0 Å². The third-order valence-corrected chi connectivity index (χ3v) is 4.25. The van der Waals surface area contributed by atoms with Gasteiger partial charge >= 0.3 is 0 Å². The molecule has 3 rings (SSSR count). The second-order valence-electron chi connectivity index (χ2n) is 6.19. The average molecular weight is 356 g/mol. The Morgan fingerprint density at radius 3 is 2.42 bits per heavy atom. The normalized spacial score (nSPS) is 10.9. The van der Waals surface area contributed by atoms with Crippen molar-refractivity contribution in [3.8, 4) is 23.0 Å². The fourth-order valence-electron chi connectivity index (χ4n) is 2.92. The van der Waals surface area contributed by atoms with Crippen molar-refractivity contribution in [1.29, 1.82) is 0 Å². The van der Waals surface area contributed by atoms with Gasteiger partial charge in [0.1, 0.15) is 33.6 Å². The molecule has 2 aromatic carbocycles. The zero-order valence-electron chi connectivity index (χ0n) is 15.0. The van der Waals surface area contributed by atoms with E-state index in [2.05, 4.69) is 0 Å². The Balaban J connectivity index is 2.47. The van der Waals surface area contributed by atoms with Gasteiger partial charge in [0.25, 0.3) is 0 Å². The first-order valence-electron chi connectivity index (χ1n) is 8.07. The van der Waals surface area contributed by atoms with E-state index in [0.717, 1.165) is 5.57 Å². The van der Waals surface area contributed by atoms with E-state index in [0.29, 0.717) is 23.5 Å². The first-order valence-corrected chi connectivity index (χ1v) is 8.07. The third-order valence-electron chi connectivity index (χ3n) is 4.25. The molecule has 0 radical (unpaired) electrons. The standard InChI is InChI=1S/C20H20O6/c1-10(2)5-6-11-14(25-4)9-15-17(18(11)22)19(23)16-12(21)7-8-13(24-3)20(16)26-15/h5,7-9,21-22H,6H2,1-4H3. The van der Waals surface area contributed by atoms with Crippen molar-refractivity contribution < 1.29 is 24.1 Å². The number of phenolic OH excluding ortho intramolecular Hbond substituents is 2. The number of benzene rings is 2. The fraction of sp³-hybridized carbons (Fsp3) is 0.250. The molecule has 6 nitrogen and oxygen atoms in total. The summed E-state index contributed by atoms with van der Waals surface area (Å²) in [6.45, 7) is 3.88. The maximum Gasteiger partial charge on any atom is 0.208 e. The molecule has 0 aliphatic heterocycles. The molecular formula is C20H20O6. The molecule has 2 N–H and O–H groups in total. The first-order chi connectivity index (χ1) is 12.4. The predicted molar refractivity (Wildman–Crippen MR) is 99.6 cm³/mol. The number of ether oxygens (including phenoxy) is 2. The highest BCUT2D eigenvalue weighted by molar-refractivity contribution is 5.99. The minimum Gasteiger partial charge on any atom is -0.507 e. The average Bonchev–Trinajstić information content (AvgIpc) is 2.60. The van der Waals surface area contributed by atoms with Crippen LogP contribution >= 0.6 is 0 Å². The van der Waals surface area contributed by atoms with Crippen LogP contribution in [0.3, 0.4) is 0 Å². The van der Waals surface area contributed by atoms with Gasteiger partial charge in [0.05, 0.1) is 14.2 Å². The van der Waals surface area contributed by atoms with Gasteiger partial charge in [-0.1, -0.05) is 11.6 Å². The molecule has 0 saturated heterocycles. The first kappa shape index (κ1) is 17.7. The second kappa shape index (κ2) is 6.63. The Morgan fingerprint density at radius 2 is 1.81 bits per heavy atom. The Morgan fingerprint density at radius 1 is 1.12 bits per heavy atom. The maximum absolute atomic E-state index is 13.0. The van der Waals surface area contributed by atoms with E-state index in [1.54, 1.807) is 6.07 Å². The molecule has 0 fully saturated rings. The second-order valence-corrected chi connectivity index (χ2v) is 6.19. The van der Waals surface area contributed by atoms with Gasteiger partial charge in [-0.25, -0.2) is 0 Å². The molecule has 3 aromatic rings. The number of allylic oxidation sites excluding steroid dienone is 2. The Hall–Kier alpha value is -3.15. The minimum atomic E-state index is -0.531. The van der Waals surface area contributed by atoms with Gasteiger partial charge in [0, 0.05) is 11.6 Å². The largest absolute Gasteiger partial charge is 0.507 e. The highest BCUT2D eigenvalue weighted by Gasteiger charge is 2.21. The molecule has 0 spiro atoms. The monoisotopic (exact) mass is 356 g/mol. The van der Waals surface area contributed by atoms with E-state index < -0.39 is 5.43 Å². The molecule has 0 atom stereocenters. The molecule has 0 amide bonds. The van der Waals surface area contributed by atoms with E-state index in [1.807, 2.05) is 19.9 Å². The lowest BCUT2D eigenvalue weighted by Crippen LogP contribution is -2.05. The van der Waals surface area contributed by atoms with E-state index in [9.17, 15) is 15.0 Å². The summed E-state index contributed by atoms with van der Waals surface area (Å²) in [5.74, 6) is 0.269. The lowest BCUT2D eigenvalue weighted by molar-refractivity contribution is 0.400. The third kappa shape index (κ3) is 2.73. The summed E-state index contributed by atoms with van der Waals surface area (Å²) in [7, 11) is 2.93. The summed E-state index contributed by atoms with van der Waals surface area (Å²) in [5.41, 5.74) is 1.29. The van der Waals surface area contributed by atoms with Crippen molar-refractivity contribution in [3.05, 3.63) is 45.6 Å². The number of rotatable bonds is 4. The van der Waals surface area contributed by atoms with Crippen LogP contribution in [-0.4, -0.2) is 24.4 Å². The molecule has 6 heteroatoms. The number of methoxy groups -OCH3 is 2. The fourth-order valence-corrected chi connectivity index (χ4v) is 2.92. The summed E-state index contributed by atoms with van der Waals surface area (Å²) in [5, 5.41) is 20.8. The molecule has 0 saturated carbocycles. The van der Waals surface area contributed by atoms with Crippen LogP contribution in [0.1, 0.15) is 19.4 Å². The Bertz CT molecular complexity index is 1090. The molecule has 0 unspecified atom stereocenters. The van der Waals surface area contributed by atoms with Crippen LogP contribution in [0.25, 0.3) is 21.9 Å². The van der Waals surface area contributed by atoms with E-state index in [1.165, 1.54) is 26.4 Å². The van der Waals surface area contributed by atoms with Crippen molar-refractivity contribution in [3.63, 3.8) is 0 Å². The lowest BCUT2D eigenvalue weighted by atomic mass is 10.0. The minimum absolute atomic E-state index is 0.000917. The van der Waals surface area contributed by atoms with E-state index in [4.69, 9.17) is 13.9 Å². The van der Waals surface area contributed by atoms with Crippen LogP contribution in [0.15, 0.2) is 39.1 Å². The molecule has 1 aromatic heterocycles. The van der Waals surface area contributed by atoms with Gasteiger partial charge in [-0.2, -0.15) is 0 Å². The molecule has 26 heavy (non-hydrogen) atoms. The highest BCUT2D eigenvalue weighted by Crippen LogP contribution is 2.39. The SMILES string of the molecule is COc1cc2oc3c(OC)ccc(O)c3c(=O)c2c(O)c1CC=C(C)C. The Kier molecular flexibility index (Phi) is 4.50. The van der Waals surface area contributed by atoms with Crippen LogP contribution in [0, 0.1) is 0 Å². The highest BCUT2D eigenvalue weighted by atomic mass is 16.5. The zero-order valence-corrected chi connectivity index (χ0v) is 15.0. The number of aromatic hydroxyl groups is 2. The lowest BCUT2D eigenvalue weighted by Gasteiger charge is -2.13. The van der Waals surface area contributed by atoms with Gasteiger partial charge in [-0.15, -0.1) is 0 Å². The van der Waals surface area contributed by atoms with Crippen LogP contribution < -0.4 is 14.9 Å². The Labute approximate surface area is 149 Å². The van der Waals surface area contributed by atoms with Crippen LogP contribution in [0.5, 0.6) is 23.0 Å². The van der Waals surface area contributed by atoms with Gasteiger partial charge < -0.3 is 24.1 Å². The van der Waals surface area contributed by atoms with E-state index >= 15 is 0 Å². The molecular weight excluding hydrogens is 336 g/mol. The van der Waals surface area contributed by atoms with Gasteiger partial charge in [0.15, 0.2) is 11.3 Å². The van der Waals surface area contributed by atoms with Gasteiger partial charge in [0.2, 0.25) is 5.43 Å². The quantitative estimate of drug-likeness (QED) is 0.545. The van der Waals surface area contributed by atoms with Crippen LogP contribution in [-0.2, 0) is 6.42 Å². The molecule has 1 heterocycles. The van der Waals surface area contributed by atoms with Gasteiger partial charge in [-0.05, 0) is 32.4 Å². The van der Waals surface area contributed by atoms with Crippen LogP contribution in [0.4, 0.5) is 0 Å². The van der Waals surface area contributed by atoms with Crippen molar-refractivity contribution in [1.82, 2.24) is 0 Å². The molecule has 0 bridgehead atoms. The van der Waals surface area contributed by atoms with Crippen molar-refractivity contribution >= 4 is 21.9 Å². The summed E-state index contributed by atoms with van der Waals surface area (Å²) < 4.78 is 16.4. The summed E-state index contributed by atoms with van der Waals surface area (Å²) in [6.07, 6.45) is 2.32.